The average molecular weight is 644 g/mol. The van der Waals surface area contributed by atoms with Crippen LogP contribution in [0.5, 0.6) is 0 Å². The van der Waals surface area contributed by atoms with Crippen LogP contribution in [0.15, 0.2) is 164 Å². The zero-order valence-electron chi connectivity index (χ0n) is 27.4. The van der Waals surface area contributed by atoms with Gasteiger partial charge in [0.15, 0.2) is 0 Å². The van der Waals surface area contributed by atoms with E-state index in [-0.39, 0.29) is 5.41 Å². The average Bonchev–Trinajstić information content (AvgIpc) is 3.61. The van der Waals surface area contributed by atoms with Crippen molar-refractivity contribution in [1.29, 1.82) is 0 Å². The van der Waals surface area contributed by atoms with Crippen molar-refractivity contribution in [3.63, 3.8) is 0 Å². The van der Waals surface area contributed by atoms with Crippen LogP contribution >= 0.6 is 11.3 Å². The minimum atomic E-state index is -0.0469. The Morgan fingerprint density at radius 3 is 2.00 bits per heavy atom. The summed E-state index contributed by atoms with van der Waals surface area (Å²) in [5.41, 5.74) is 11.3. The molecule has 1 heterocycles. The van der Waals surface area contributed by atoms with E-state index in [1.54, 1.807) is 0 Å². The molecule has 0 aliphatic heterocycles. The molecule has 10 rings (SSSR count). The number of thiophene rings is 1. The molecule has 0 atom stereocenters. The molecule has 49 heavy (non-hydrogen) atoms. The number of fused-ring (bicyclic) bond motifs is 8. The Hall–Kier alpha value is -5.70. The lowest BCUT2D eigenvalue weighted by molar-refractivity contribution is 0.660. The van der Waals surface area contributed by atoms with Gasteiger partial charge in [-0.1, -0.05) is 129 Å². The van der Waals surface area contributed by atoms with Crippen LogP contribution in [0.1, 0.15) is 25.0 Å². The second-order valence-corrected chi connectivity index (χ2v) is 14.8. The molecule has 0 bridgehead atoms. The van der Waals surface area contributed by atoms with Crippen LogP contribution in [0.4, 0.5) is 17.1 Å². The Morgan fingerprint density at radius 2 is 1.08 bits per heavy atom. The van der Waals surface area contributed by atoms with Gasteiger partial charge in [-0.3, -0.25) is 0 Å². The second-order valence-electron chi connectivity index (χ2n) is 13.8. The van der Waals surface area contributed by atoms with Gasteiger partial charge in [-0.25, -0.2) is 0 Å². The SMILES string of the molecule is CC1(C)c2ccccc2-c2cc(N(c3ccc4cc5c(cc4c3)sc3ccccc35)c3ccccc3-c3cccc4ccccc34)ccc21. The van der Waals surface area contributed by atoms with Gasteiger partial charge in [0.1, 0.15) is 0 Å². The third-order valence-corrected chi connectivity index (χ3v) is 11.8. The first-order valence-electron chi connectivity index (χ1n) is 17.0. The summed E-state index contributed by atoms with van der Waals surface area (Å²) >= 11 is 1.88. The number of anilines is 3. The fourth-order valence-corrected chi connectivity index (χ4v) is 9.36. The van der Waals surface area contributed by atoms with E-state index in [0.29, 0.717) is 0 Å². The summed E-state index contributed by atoms with van der Waals surface area (Å²) in [4.78, 5) is 2.47. The molecule has 0 spiro atoms. The van der Waals surface area contributed by atoms with Gasteiger partial charge in [0.25, 0.3) is 0 Å². The number of nitrogens with zero attached hydrogens (tertiary/aromatic N) is 1. The maximum atomic E-state index is 2.47. The monoisotopic (exact) mass is 643 g/mol. The van der Waals surface area contributed by atoms with Crippen molar-refractivity contribution >= 4 is 70.1 Å². The van der Waals surface area contributed by atoms with E-state index >= 15 is 0 Å². The highest BCUT2D eigenvalue weighted by Crippen LogP contribution is 2.51. The van der Waals surface area contributed by atoms with Crippen molar-refractivity contribution in [2.75, 3.05) is 4.90 Å². The van der Waals surface area contributed by atoms with E-state index in [2.05, 4.69) is 183 Å². The van der Waals surface area contributed by atoms with Crippen LogP contribution in [0.2, 0.25) is 0 Å². The summed E-state index contributed by atoms with van der Waals surface area (Å²) < 4.78 is 2.66. The Balaban J connectivity index is 1.23. The molecule has 8 aromatic carbocycles. The smallest absolute Gasteiger partial charge is 0.0540 e. The van der Waals surface area contributed by atoms with Gasteiger partial charge in [0.05, 0.1) is 5.69 Å². The van der Waals surface area contributed by atoms with Crippen molar-refractivity contribution < 1.29 is 0 Å². The molecule has 2 heteroatoms. The lowest BCUT2D eigenvalue weighted by Crippen LogP contribution is -2.15. The molecule has 0 saturated heterocycles. The largest absolute Gasteiger partial charge is 0.310 e. The summed E-state index contributed by atoms with van der Waals surface area (Å²) in [6.07, 6.45) is 0. The van der Waals surface area contributed by atoms with Crippen LogP contribution in [0.25, 0.3) is 64.0 Å². The molecule has 232 valence electrons. The summed E-state index contributed by atoms with van der Waals surface area (Å²) in [5.74, 6) is 0. The van der Waals surface area contributed by atoms with Crippen molar-refractivity contribution in [1.82, 2.24) is 0 Å². The molecular formula is C47H33NS. The zero-order chi connectivity index (χ0) is 32.7. The molecule has 1 aliphatic carbocycles. The van der Waals surface area contributed by atoms with Crippen LogP contribution in [-0.2, 0) is 5.41 Å². The highest BCUT2D eigenvalue weighted by molar-refractivity contribution is 7.25. The van der Waals surface area contributed by atoms with E-state index < -0.39 is 0 Å². The van der Waals surface area contributed by atoms with Crippen molar-refractivity contribution in [3.05, 3.63) is 175 Å². The number of para-hydroxylation sites is 1. The quantitative estimate of drug-likeness (QED) is 0.184. The molecule has 9 aromatic rings. The van der Waals surface area contributed by atoms with Crippen molar-refractivity contribution in [2.45, 2.75) is 19.3 Å². The minimum absolute atomic E-state index is 0.0469. The summed E-state index contributed by atoms with van der Waals surface area (Å²) in [7, 11) is 0. The standard InChI is InChI=1S/C47H33NS/c1-47(2)42-19-8-5-15-37(42)40-29-34(24-25-43(40)47)48(44-20-9-6-16-38(44)36-18-11-13-30-12-3-4-14-35(30)36)33-23-22-31-27-41-39-17-7-10-21-45(39)49-46(41)28-32(31)26-33/h3-29H,1-2H3. The first-order valence-corrected chi connectivity index (χ1v) is 17.8. The maximum Gasteiger partial charge on any atom is 0.0540 e. The van der Waals surface area contributed by atoms with E-state index in [0.717, 1.165) is 17.1 Å². The molecule has 1 aliphatic rings. The van der Waals surface area contributed by atoms with Crippen LogP contribution in [-0.4, -0.2) is 0 Å². The van der Waals surface area contributed by atoms with Crippen molar-refractivity contribution in [2.24, 2.45) is 0 Å². The van der Waals surface area contributed by atoms with Gasteiger partial charge in [0.2, 0.25) is 0 Å². The molecule has 1 nitrogen and oxygen atoms in total. The normalized spacial score (nSPS) is 13.3. The number of hydrogen-bond acceptors (Lipinski definition) is 2. The number of hydrogen-bond donors (Lipinski definition) is 0. The Bertz CT molecular complexity index is 2760. The van der Waals surface area contributed by atoms with E-state index in [9.17, 15) is 0 Å². The van der Waals surface area contributed by atoms with E-state index in [1.165, 1.54) is 75.1 Å². The lowest BCUT2D eigenvalue weighted by atomic mass is 9.82. The Morgan fingerprint density at radius 1 is 0.408 bits per heavy atom. The molecular weight excluding hydrogens is 611 g/mol. The van der Waals surface area contributed by atoms with Gasteiger partial charge in [0, 0.05) is 42.5 Å². The van der Waals surface area contributed by atoms with E-state index in [4.69, 9.17) is 0 Å². The van der Waals surface area contributed by atoms with Crippen LogP contribution < -0.4 is 4.90 Å². The third-order valence-electron chi connectivity index (χ3n) is 10.6. The summed E-state index contributed by atoms with van der Waals surface area (Å²) in [5, 5.41) is 7.67. The number of benzene rings is 8. The fraction of sp³-hybridized carbons (Fsp3) is 0.0638. The Labute approximate surface area is 290 Å². The topological polar surface area (TPSA) is 3.24 Å². The first kappa shape index (κ1) is 28.3. The molecule has 0 radical (unpaired) electrons. The molecule has 0 unspecified atom stereocenters. The minimum Gasteiger partial charge on any atom is -0.310 e. The van der Waals surface area contributed by atoms with Crippen LogP contribution in [0.3, 0.4) is 0 Å². The van der Waals surface area contributed by atoms with Gasteiger partial charge in [-0.15, -0.1) is 11.3 Å². The summed E-state index contributed by atoms with van der Waals surface area (Å²) in [6, 6.07) is 60.8. The molecule has 0 fully saturated rings. The molecule has 0 amide bonds. The van der Waals surface area contributed by atoms with Gasteiger partial charge in [-0.05, 0) is 97.9 Å². The maximum absolute atomic E-state index is 2.47. The predicted molar refractivity (Wildman–Crippen MR) is 212 cm³/mol. The van der Waals surface area contributed by atoms with Crippen LogP contribution in [0, 0.1) is 0 Å². The highest BCUT2D eigenvalue weighted by Gasteiger charge is 2.35. The molecule has 0 N–H and O–H groups in total. The van der Waals surface area contributed by atoms with Gasteiger partial charge in [-0.2, -0.15) is 0 Å². The van der Waals surface area contributed by atoms with Gasteiger partial charge >= 0.3 is 0 Å². The Kier molecular flexibility index (Phi) is 6.16. The highest BCUT2D eigenvalue weighted by atomic mass is 32.1. The predicted octanol–water partition coefficient (Wildman–Crippen LogP) is 13.8. The zero-order valence-corrected chi connectivity index (χ0v) is 28.3. The van der Waals surface area contributed by atoms with Crippen molar-refractivity contribution in [3.8, 4) is 22.3 Å². The number of rotatable bonds is 4. The van der Waals surface area contributed by atoms with E-state index in [1.807, 2.05) is 11.3 Å². The second kappa shape index (κ2) is 10.7. The molecule has 1 aromatic heterocycles. The summed E-state index contributed by atoms with van der Waals surface area (Å²) in [6.45, 7) is 4.70. The third kappa shape index (κ3) is 4.31. The first-order chi connectivity index (χ1) is 24.0. The molecule has 0 saturated carbocycles. The lowest BCUT2D eigenvalue weighted by Gasteiger charge is -2.29. The van der Waals surface area contributed by atoms with Gasteiger partial charge < -0.3 is 4.90 Å². The fourth-order valence-electron chi connectivity index (χ4n) is 8.23.